The van der Waals surface area contributed by atoms with Crippen LogP contribution in [0.2, 0.25) is 0 Å². The zero-order valence-electron chi connectivity index (χ0n) is 13.1. The molecule has 0 N–H and O–H groups in total. The van der Waals surface area contributed by atoms with Gasteiger partial charge in [0.15, 0.2) is 17.6 Å². The number of benzene rings is 1. The summed E-state index contributed by atoms with van der Waals surface area (Å²) in [5.41, 5.74) is 3.26. The summed E-state index contributed by atoms with van der Waals surface area (Å²) in [5, 5.41) is 0. The number of likely N-dealkylation sites (tertiary alicyclic amines) is 1. The lowest BCUT2D eigenvalue weighted by Gasteiger charge is -2.40. The van der Waals surface area contributed by atoms with Crippen LogP contribution in [0.1, 0.15) is 24.0 Å². The maximum atomic E-state index is 6.43. The van der Waals surface area contributed by atoms with Gasteiger partial charge in [-0.3, -0.25) is 4.90 Å². The highest BCUT2D eigenvalue weighted by Gasteiger charge is 2.84. The summed E-state index contributed by atoms with van der Waals surface area (Å²) in [4.78, 5) is 2.58. The van der Waals surface area contributed by atoms with Gasteiger partial charge in [-0.25, -0.2) is 0 Å². The van der Waals surface area contributed by atoms with Gasteiger partial charge in [-0.05, 0) is 43.5 Å². The molecule has 3 unspecified atom stereocenters. The SMILES string of the molecule is COC1=CCC2C3N(C)[C@]34C[C@@]23c2c4ccc(OC)c2O[C@@H]13. The van der Waals surface area contributed by atoms with Gasteiger partial charge in [0.25, 0.3) is 0 Å². The molecule has 2 fully saturated rings. The number of likely N-dealkylation sites (N-methyl/N-ethyl adjacent to an activating group) is 1. The van der Waals surface area contributed by atoms with E-state index >= 15 is 0 Å². The van der Waals surface area contributed by atoms with Crippen LogP contribution in [-0.4, -0.2) is 38.3 Å². The van der Waals surface area contributed by atoms with E-state index in [2.05, 4.69) is 30.2 Å². The van der Waals surface area contributed by atoms with Crippen LogP contribution in [0.15, 0.2) is 24.0 Å². The van der Waals surface area contributed by atoms with Crippen LogP contribution in [0.3, 0.4) is 0 Å². The molecule has 2 bridgehead atoms. The Morgan fingerprint density at radius 2 is 2.14 bits per heavy atom. The normalized spacial score (nSPS) is 47.5. The first-order valence-electron chi connectivity index (χ1n) is 8.05. The molecule has 1 aromatic carbocycles. The second-order valence-corrected chi connectivity index (χ2v) is 7.37. The molecule has 22 heavy (non-hydrogen) atoms. The Hall–Kier alpha value is -1.68. The molecule has 1 aromatic rings. The predicted octanol–water partition coefficient (Wildman–Crippen LogP) is 2.17. The molecule has 5 aliphatic rings. The molecule has 0 amide bonds. The van der Waals surface area contributed by atoms with Crippen molar-refractivity contribution >= 4 is 0 Å². The Bertz CT molecular complexity index is 772. The van der Waals surface area contributed by atoms with Crippen molar-refractivity contribution in [3.05, 3.63) is 35.1 Å². The molecule has 2 aliphatic heterocycles. The smallest absolute Gasteiger partial charge is 0.166 e. The molecule has 114 valence electrons. The van der Waals surface area contributed by atoms with Crippen molar-refractivity contribution < 1.29 is 14.2 Å². The summed E-state index contributed by atoms with van der Waals surface area (Å²) in [5.74, 6) is 3.47. The lowest BCUT2D eigenvalue weighted by molar-refractivity contribution is 0.0581. The molecule has 4 nitrogen and oxygen atoms in total. The summed E-state index contributed by atoms with van der Waals surface area (Å²) in [6.07, 6.45) is 4.55. The molecule has 1 saturated carbocycles. The molecule has 3 aliphatic carbocycles. The van der Waals surface area contributed by atoms with E-state index in [1.54, 1.807) is 14.2 Å². The van der Waals surface area contributed by atoms with E-state index in [1.807, 2.05) is 0 Å². The topological polar surface area (TPSA) is 30.7 Å². The molecule has 2 heterocycles. The van der Waals surface area contributed by atoms with Crippen LogP contribution in [-0.2, 0) is 15.7 Å². The number of ether oxygens (including phenoxy) is 3. The zero-order chi connectivity index (χ0) is 14.9. The van der Waals surface area contributed by atoms with Crippen molar-refractivity contribution in [3.63, 3.8) is 0 Å². The second kappa shape index (κ2) is 3.16. The average molecular weight is 297 g/mol. The molecular formula is C18H19NO3. The maximum absolute atomic E-state index is 6.43. The Kier molecular flexibility index (Phi) is 1.70. The average Bonchev–Trinajstić information content (AvgIpc) is 2.87. The second-order valence-electron chi connectivity index (χ2n) is 7.37. The Labute approximate surface area is 129 Å². The highest BCUT2D eigenvalue weighted by Crippen LogP contribution is 2.80. The maximum Gasteiger partial charge on any atom is 0.166 e. The summed E-state index contributed by atoms with van der Waals surface area (Å²) in [6.45, 7) is 0. The van der Waals surface area contributed by atoms with Crippen LogP contribution < -0.4 is 9.47 Å². The van der Waals surface area contributed by atoms with Gasteiger partial charge in [-0.2, -0.15) is 0 Å². The van der Waals surface area contributed by atoms with Gasteiger partial charge < -0.3 is 14.2 Å². The van der Waals surface area contributed by atoms with Gasteiger partial charge in [-0.15, -0.1) is 0 Å². The summed E-state index contributed by atoms with van der Waals surface area (Å²) >= 11 is 0. The van der Waals surface area contributed by atoms with E-state index < -0.39 is 0 Å². The van der Waals surface area contributed by atoms with Crippen LogP contribution in [0.4, 0.5) is 0 Å². The van der Waals surface area contributed by atoms with Gasteiger partial charge in [0.2, 0.25) is 0 Å². The number of hydrogen-bond donors (Lipinski definition) is 0. The van der Waals surface area contributed by atoms with Gasteiger partial charge in [0.1, 0.15) is 5.76 Å². The van der Waals surface area contributed by atoms with E-state index in [-0.39, 0.29) is 17.1 Å². The standard InChI is InChI=1S/C18H19NO3/c1-19-15-10-5-7-12(21-3)16-17(10)8-18(15,19)9-4-6-11(20-2)14(22-16)13(9)17/h4,6-7,10,15-16H,5,8H2,1-3H3/t10?,15?,16-,17-,18-,19?/m0/s1. The summed E-state index contributed by atoms with van der Waals surface area (Å²) in [6, 6.07) is 5.02. The van der Waals surface area contributed by atoms with E-state index in [9.17, 15) is 0 Å². The van der Waals surface area contributed by atoms with E-state index in [0.717, 1.165) is 23.7 Å². The number of allylic oxidation sites excluding steroid dienone is 1. The minimum absolute atomic E-state index is 0.0295. The molecule has 6 atom stereocenters. The highest BCUT2D eigenvalue weighted by molar-refractivity contribution is 5.70. The summed E-state index contributed by atoms with van der Waals surface area (Å²) < 4.78 is 17.7. The Morgan fingerprint density at radius 3 is 2.91 bits per heavy atom. The van der Waals surface area contributed by atoms with E-state index in [1.165, 1.54) is 17.5 Å². The van der Waals surface area contributed by atoms with Crippen LogP contribution in [0.5, 0.6) is 11.5 Å². The first kappa shape index (κ1) is 11.8. The molecule has 2 spiro atoms. The van der Waals surface area contributed by atoms with Crippen molar-refractivity contribution in [2.45, 2.75) is 35.9 Å². The molecule has 4 heteroatoms. The van der Waals surface area contributed by atoms with Crippen molar-refractivity contribution in [2.75, 3.05) is 21.3 Å². The fourth-order valence-electron chi connectivity index (χ4n) is 6.41. The third-order valence-electron chi connectivity index (χ3n) is 7.12. The monoisotopic (exact) mass is 297 g/mol. The number of piperidine rings is 1. The van der Waals surface area contributed by atoms with Crippen LogP contribution >= 0.6 is 0 Å². The molecular weight excluding hydrogens is 278 g/mol. The minimum atomic E-state index is 0.0295. The van der Waals surface area contributed by atoms with Crippen molar-refractivity contribution in [3.8, 4) is 11.5 Å². The van der Waals surface area contributed by atoms with Gasteiger partial charge in [0.05, 0.1) is 25.2 Å². The molecule has 0 aromatic heterocycles. The first-order valence-corrected chi connectivity index (χ1v) is 8.05. The lowest BCUT2D eigenvalue weighted by Crippen LogP contribution is -2.48. The van der Waals surface area contributed by atoms with Gasteiger partial charge in [-0.1, -0.05) is 6.07 Å². The predicted molar refractivity (Wildman–Crippen MR) is 80.1 cm³/mol. The Morgan fingerprint density at radius 1 is 1.27 bits per heavy atom. The van der Waals surface area contributed by atoms with Crippen molar-refractivity contribution in [1.29, 1.82) is 0 Å². The largest absolute Gasteiger partial charge is 0.497 e. The number of fused-ring (bicyclic) bond motifs is 1. The minimum Gasteiger partial charge on any atom is -0.497 e. The summed E-state index contributed by atoms with van der Waals surface area (Å²) in [7, 11) is 5.77. The third-order valence-corrected chi connectivity index (χ3v) is 7.12. The number of nitrogens with zero attached hydrogens (tertiary/aromatic N) is 1. The van der Waals surface area contributed by atoms with Crippen molar-refractivity contribution in [2.24, 2.45) is 5.92 Å². The van der Waals surface area contributed by atoms with E-state index in [4.69, 9.17) is 14.2 Å². The number of methoxy groups -OCH3 is 2. The Balaban J connectivity index is 1.70. The van der Waals surface area contributed by atoms with Crippen molar-refractivity contribution in [1.82, 2.24) is 4.90 Å². The quantitative estimate of drug-likeness (QED) is 0.783. The fourth-order valence-corrected chi connectivity index (χ4v) is 6.41. The van der Waals surface area contributed by atoms with Gasteiger partial charge >= 0.3 is 0 Å². The zero-order valence-corrected chi connectivity index (χ0v) is 13.1. The number of rotatable bonds is 2. The molecule has 0 radical (unpaired) electrons. The van der Waals surface area contributed by atoms with Gasteiger partial charge in [0, 0.05) is 11.6 Å². The van der Waals surface area contributed by atoms with Crippen LogP contribution in [0.25, 0.3) is 0 Å². The first-order chi connectivity index (χ1) is 10.7. The highest BCUT2D eigenvalue weighted by atomic mass is 16.6. The number of hydrogen-bond acceptors (Lipinski definition) is 4. The molecule has 6 rings (SSSR count). The van der Waals surface area contributed by atoms with Crippen LogP contribution in [0, 0.1) is 5.92 Å². The fraction of sp³-hybridized carbons (Fsp3) is 0.556. The van der Waals surface area contributed by atoms with E-state index in [0.29, 0.717) is 12.0 Å². The third kappa shape index (κ3) is 0.852. The lowest BCUT2D eigenvalue weighted by atomic mass is 9.64. The molecule has 1 saturated heterocycles.